The Kier molecular flexibility index (Phi) is 5.16. The third-order valence-corrected chi connectivity index (χ3v) is 3.49. The quantitative estimate of drug-likeness (QED) is 0.448. The molecule has 0 bridgehead atoms. The smallest absolute Gasteiger partial charge is 0.336 e. The van der Waals surface area contributed by atoms with E-state index >= 15 is 0 Å². The second-order valence-corrected chi connectivity index (χ2v) is 5.86. The van der Waals surface area contributed by atoms with Gasteiger partial charge in [0.1, 0.15) is 5.75 Å². The molecular weight excluding hydrogens is 272 g/mol. The molecule has 0 spiro atoms. The van der Waals surface area contributed by atoms with Crippen LogP contribution in [-0.2, 0) is 4.79 Å². The van der Waals surface area contributed by atoms with Crippen molar-refractivity contribution in [2.45, 2.75) is 33.6 Å². The summed E-state index contributed by atoms with van der Waals surface area (Å²) in [4.78, 5) is 12.0. The average Bonchev–Trinajstić information content (AvgIpc) is 2.46. The summed E-state index contributed by atoms with van der Waals surface area (Å²) in [5.41, 5.74) is 4.30. The summed E-state index contributed by atoms with van der Waals surface area (Å²) in [5.74, 6) is 0.603. The number of esters is 1. The zero-order chi connectivity index (χ0) is 16.1. The molecule has 0 aliphatic carbocycles. The fraction of sp³-hybridized carbons (Fsp3) is 0.250. The molecule has 2 aromatic carbocycles. The number of ether oxygens (including phenoxy) is 1. The van der Waals surface area contributed by atoms with Crippen LogP contribution in [-0.4, -0.2) is 5.97 Å². The van der Waals surface area contributed by atoms with Gasteiger partial charge in [-0.25, -0.2) is 4.79 Å². The SMILES string of the molecule is Cc1ccc(/C=C/C(=O)Oc2cc(C)ccc2C(C)C)cc1. The Hall–Kier alpha value is -2.35. The molecule has 0 unspecified atom stereocenters. The van der Waals surface area contributed by atoms with Crippen molar-refractivity contribution in [1.29, 1.82) is 0 Å². The lowest BCUT2D eigenvalue weighted by atomic mass is 10.0. The molecule has 2 aromatic rings. The maximum atomic E-state index is 12.0. The molecule has 2 rings (SSSR count). The van der Waals surface area contributed by atoms with Gasteiger partial charge in [0.05, 0.1) is 0 Å². The van der Waals surface area contributed by atoms with Crippen molar-refractivity contribution < 1.29 is 9.53 Å². The average molecular weight is 294 g/mol. The minimum Gasteiger partial charge on any atom is -0.423 e. The molecule has 0 amide bonds. The van der Waals surface area contributed by atoms with Gasteiger partial charge in [-0.05, 0) is 48.6 Å². The maximum absolute atomic E-state index is 12.0. The van der Waals surface area contributed by atoms with E-state index in [1.165, 1.54) is 11.6 Å². The molecule has 0 N–H and O–H groups in total. The number of aryl methyl sites for hydroxylation is 2. The Morgan fingerprint density at radius 2 is 1.64 bits per heavy atom. The first kappa shape index (κ1) is 16.0. The number of hydrogen-bond acceptors (Lipinski definition) is 2. The summed E-state index contributed by atoms with van der Waals surface area (Å²) in [7, 11) is 0. The van der Waals surface area contributed by atoms with Crippen molar-refractivity contribution in [3.05, 3.63) is 70.8 Å². The Morgan fingerprint density at radius 1 is 1.00 bits per heavy atom. The minimum absolute atomic E-state index is 0.310. The van der Waals surface area contributed by atoms with Gasteiger partial charge in [0, 0.05) is 6.08 Å². The van der Waals surface area contributed by atoms with Gasteiger partial charge in [-0.3, -0.25) is 0 Å². The highest BCUT2D eigenvalue weighted by molar-refractivity contribution is 5.88. The molecule has 0 saturated carbocycles. The summed E-state index contributed by atoms with van der Waals surface area (Å²) in [6, 6.07) is 14.0. The van der Waals surface area contributed by atoms with Gasteiger partial charge in [0.15, 0.2) is 0 Å². The molecule has 0 aromatic heterocycles. The van der Waals surface area contributed by atoms with Gasteiger partial charge in [-0.1, -0.05) is 55.8 Å². The van der Waals surface area contributed by atoms with Crippen molar-refractivity contribution in [2.75, 3.05) is 0 Å². The Labute approximate surface area is 132 Å². The highest BCUT2D eigenvalue weighted by atomic mass is 16.5. The third kappa shape index (κ3) is 4.32. The number of carbonyl (C=O) groups is 1. The Morgan fingerprint density at radius 3 is 2.27 bits per heavy atom. The van der Waals surface area contributed by atoms with Crippen molar-refractivity contribution in [3.63, 3.8) is 0 Å². The first-order valence-electron chi connectivity index (χ1n) is 7.53. The third-order valence-electron chi connectivity index (χ3n) is 3.49. The molecule has 114 valence electrons. The second kappa shape index (κ2) is 7.08. The van der Waals surface area contributed by atoms with Gasteiger partial charge in [-0.15, -0.1) is 0 Å². The predicted molar refractivity (Wildman–Crippen MR) is 91.1 cm³/mol. The molecular formula is C20H22O2. The van der Waals surface area contributed by atoms with Crippen molar-refractivity contribution in [3.8, 4) is 5.75 Å². The van der Waals surface area contributed by atoms with Gasteiger partial charge in [0.2, 0.25) is 0 Å². The summed E-state index contributed by atoms with van der Waals surface area (Å²) >= 11 is 0. The van der Waals surface area contributed by atoms with E-state index in [-0.39, 0.29) is 5.97 Å². The van der Waals surface area contributed by atoms with Crippen LogP contribution in [0, 0.1) is 13.8 Å². The zero-order valence-corrected chi connectivity index (χ0v) is 13.6. The Bertz CT molecular complexity index is 679. The van der Waals surface area contributed by atoms with E-state index < -0.39 is 0 Å². The molecule has 0 saturated heterocycles. The van der Waals surface area contributed by atoms with Crippen LogP contribution < -0.4 is 4.74 Å². The number of benzene rings is 2. The van der Waals surface area contributed by atoms with Crippen LogP contribution in [0.25, 0.3) is 6.08 Å². The van der Waals surface area contributed by atoms with Crippen LogP contribution in [0.15, 0.2) is 48.5 Å². The molecule has 0 aliphatic rings. The zero-order valence-electron chi connectivity index (χ0n) is 13.6. The van der Waals surface area contributed by atoms with Crippen LogP contribution in [0.2, 0.25) is 0 Å². The molecule has 0 fully saturated rings. The van der Waals surface area contributed by atoms with E-state index in [4.69, 9.17) is 4.74 Å². The standard InChI is InChI=1S/C20H22O2/c1-14(2)18-11-7-16(4)13-19(18)22-20(21)12-10-17-8-5-15(3)6-9-17/h5-14H,1-4H3/b12-10+. The molecule has 2 heteroatoms. The van der Waals surface area contributed by atoms with Crippen molar-refractivity contribution >= 4 is 12.0 Å². The highest BCUT2D eigenvalue weighted by Gasteiger charge is 2.10. The fourth-order valence-electron chi connectivity index (χ4n) is 2.19. The predicted octanol–water partition coefficient (Wildman–Crippen LogP) is 5.05. The number of rotatable bonds is 4. The van der Waals surface area contributed by atoms with Gasteiger partial charge in [0.25, 0.3) is 0 Å². The van der Waals surface area contributed by atoms with E-state index in [1.54, 1.807) is 6.08 Å². The van der Waals surface area contributed by atoms with Gasteiger partial charge >= 0.3 is 5.97 Å². The monoisotopic (exact) mass is 294 g/mol. The van der Waals surface area contributed by atoms with Crippen LogP contribution in [0.4, 0.5) is 0 Å². The lowest BCUT2D eigenvalue weighted by molar-refractivity contribution is -0.128. The second-order valence-electron chi connectivity index (χ2n) is 5.86. The highest BCUT2D eigenvalue weighted by Crippen LogP contribution is 2.27. The first-order chi connectivity index (χ1) is 10.5. The van der Waals surface area contributed by atoms with Crippen LogP contribution in [0.5, 0.6) is 5.75 Å². The van der Waals surface area contributed by atoms with E-state index in [0.717, 1.165) is 16.7 Å². The number of hydrogen-bond donors (Lipinski definition) is 0. The van der Waals surface area contributed by atoms with Gasteiger partial charge in [-0.2, -0.15) is 0 Å². The first-order valence-corrected chi connectivity index (χ1v) is 7.53. The summed E-state index contributed by atoms with van der Waals surface area (Å²) < 4.78 is 5.51. The largest absolute Gasteiger partial charge is 0.423 e. The lowest BCUT2D eigenvalue weighted by Crippen LogP contribution is -2.06. The van der Waals surface area contributed by atoms with E-state index in [2.05, 4.69) is 13.8 Å². The van der Waals surface area contributed by atoms with Crippen molar-refractivity contribution in [2.24, 2.45) is 0 Å². The number of carbonyl (C=O) groups excluding carboxylic acids is 1. The Balaban J connectivity index is 2.12. The van der Waals surface area contributed by atoms with Gasteiger partial charge < -0.3 is 4.74 Å². The van der Waals surface area contributed by atoms with E-state index in [9.17, 15) is 4.79 Å². The molecule has 0 radical (unpaired) electrons. The normalized spacial score (nSPS) is 11.1. The molecule has 0 atom stereocenters. The van der Waals surface area contributed by atoms with Crippen LogP contribution in [0.3, 0.4) is 0 Å². The maximum Gasteiger partial charge on any atom is 0.336 e. The molecule has 0 heterocycles. The molecule has 2 nitrogen and oxygen atoms in total. The van der Waals surface area contributed by atoms with Crippen molar-refractivity contribution in [1.82, 2.24) is 0 Å². The van der Waals surface area contributed by atoms with E-state index in [0.29, 0.717) is 11.7 Å². The molecule has 0 aliphatic heterocycles. The fourth-order valence-corrected chi connectivity index (χ4v) is 2.19. The van der Waals surface area contributed by atoms with Crippen LogP contribution >= 0.6 is 0 Å². The minimum atomic E-state index is -0.354. The topological polar surface area (TPSA) is 26.3 Å². The van der Waals surface area contributed by atoms with E-state index in [1.807, 2.05) is 56.3 Å². The summed E-state index contributed by atoms with van der Waals surface area (Å²) in [6.07, 6.45) is 3.24. The summed E-state index contributed by atoms with van der Waals surface area (Å²) in [5, 5.41) is 0. The van der Waals surface area contributed by atoms with Crippen LogP contribution in [0.1, 0.15) is 42.0 Å². The summed E-state index contributed by atoms with van der Waals surface area (Å²) in [6.45, 7) is 8.20. The lowest BCUT2D eigenvalue weighted by Gasteiger charge is -2.12. The molecule has 22 heavy (non-hydrogen) atoms.